The number of nitrogens with zero attached hydrogens (tertiary/aromatic N) is 4. The fourth-order valence-electron chi connectivity index (χ4n) is 1.68. The van der Waals surface area contributed by atoms with E-state index in [2.05, 4.69) is 20.6 Å². The fourth-order valence-corrected chi connectivity index (χ4v) is 1.68. The third-order valence-electron chi connectivity index (χ3n) is 2.49. The third-order valence-corrected chi connectivity index (χ3v) is 2.49. The summed E-state index contributed by atoms with van der Waals surface area (Å²) >= 11 is 0. The van der Waals surface area contributed by atoms with Crippen molar-refractivity contribution in [2.45, 2.75) is 26.3 Å². The van der Waals surface area contributed by atoms with E-state index < -0.39 is 12.0 Å². The number of fused-ring (bicyclic) bond motifs is 1. The molecule has 2 aromatic heterocycles. The van der Waals surface area contributed by atoms with Crippen molar-refractivity contribution in [1.82, 2.24) is 19.8 Å². The van der Waals surface area contributed by atoms with Crippen LogP contribution in [0.25, 0.3) is 5.65 Å². The zero-order valence-corrected chi connectivity index (χ0v) is 10.2. The van der Waals surface area contributed by atoms with Crippen LogP contribution in [0.2, 0.25) is 0 Å². The van der Waals surface area contributed by atoms with Crippen LogP contribution < -0.4 is 5.32 Å². The molecular weight excluding hydrogens is 234 g/mol. The molecule has 0 radical (unpaired) electrons. The molecule has 2 N–H and O–H groups in total. The van der Waals surface area contributed by atoms with Gasteiger partial charge >= 0.3 is 5.97 Å². The third kappa shape index (κ3) is 2.73. The molecule has 0 unspecified atom stereocenters. The number of aromatic nitrogens is 4. The highest BCUT2D eigenvalue weighted by atomic mass is 16.4. The molecule has 0 aliphatic rings. The van der Waals surface area contributed by atoms with Crippen LogP contribution in [0.4, 0.5) is 5.82 Å². The molecule has 1 atom stereocenters. The summed E-state index contributed by atoms with van der Waals surface area (Å²) in [7, 11) is 0. The van der Waals surface area contributed by atoms with E-state index in [-0.39, 0.29) is 5.92 Å². The van der Waals surface area contributed by atoms with Gasteiger partial charge in [0.2, 0.25) is 0 Å². The van der Waals surface area contributed by atoms with E-state index >= 15 is 0 Å². The molecule has 7 nitrogen and oxygen atoms in total. The minimum absolute atomic E-state index is 0.289. The number of carbonyl (C=O) groups is 1. The lowest BCUT2D eigenvalue weighted by Crippen LogP contribution is -2.31. The monoisotopic (exact) mass is 249 g/mol. The smallest absolute Gasteiger partial charge is 0.326 e. The van der Waals surface area contributed by atoms with Crippen LogP contribution in [-0.2, 0) is 4.79 Å². The fraction of sp³-hybridized carbons (Fsp3) is 0.455. The summed E-state index contributed by atoms with van der Waals surface area (Å²) in [5.41, 5.74) is 0.622. The number of rotatable bonds is 5. The Morgan fingerprint density at radius 1 is 1.50 bits per heavy atom. The van der Waals surface area contributed by atoms with Crippen LogP contribution >= 0.6 is 0 Å². The molecule has 0 amide bonds. The van der Waals surface area contributed by atoms with E-state index in [0.717, 1.165) is 0 Å². The summed E-state index contributed by atoms with van der Waals surface area (Å²) < 4.78 is 1.50. The zero-order chi connectivity index (χ0) is 13.1. The summed E-state index contributed by atoms with van der Waals surface area (Å²) in [4.78, 5) is 11.1. The van der Waals surface area contributed by atoms with Gasteiger partial charge in [-0.2, -0.15) is 4.52 Å². The predicted molar refractivity (Wildman–Crippen MR) is 65.3 cm³/mol. The second kappa shape index (κ2) is 4.99. The van der Waals surface area contributed by atoms with Gasteiger partial charge in [-0.15, -0.1) is 15.3 Å². The highest BCUT2D eigenvalue weighted by Gasteiger charge is 2.19. The summed E-state index contributed by atoms with van der Waals surface area (Å²) in [6, 6.07) is 2.78. The van der Waals surface area contributed by atoms with Crippen molar-refractivity contribution in [3.05, 3.63) is 18.5 Å². The molecule has 18 heavy (non-hydrogen) atoms. The van der Waals surface area contributed by atoms with E-state index in [4.69, 9.17) is 5.11 Å². The van der Waals surface area contributed by atoms with Gasteiger partial charge in [-0.05, 0) is 24.5 Å². The first-order valence-corrected chi connectivity index (χ1v) is 5.72. The summed E-state index contributed by atoms with van der Waals surface area (Å²) in [6.45, 7) is 3.96. The van der Waals surface area contributed by atoms with Crippen LogP contribution in [0.3, 0.4) is 0 Å². The minimum atomic E-state index is -0.880. The quantitative estimate of drug-likeness (QED) is 0.822. The average Bonchev–Trinajstić information content (AvgIpc) is 2.74. The average molecular weight is 249 g/mol. The largest absolute Gasteiger partial charge is 0.480 e. The van der Waals surface area contributed by atoms with Crippen molar-refractivity contribution in [1.29, 1.82) is 0 Å². The van der Waals surface area contributed by atoms with E-state index in [0.29, 0.717) is 17.9 Å². The molecular formula is C11H15N5O2. The normalized spacial score (nSPS) is 12.8. The van der Waals surface area contributed by atoms with Crippen LogP contribution in [0.1, 0.15) is 20.3 Å². The van der Waals surface area contributed by atoms with Crippen molar-refractivity contribution in [2.75, 3.05) is 5.32 Å². The summed E-state index contributed by atoms with van der Waals surface area (Å²) in [5.74, 6) is -0.0954. The lowest BCUT2D eigenvalue weighted by molar-refractivity contribution is -0.138. The Hall–Kier alpha value is -2.18. The van der Waals surface area contributed by atoms with E-state index in [1.807, 2.05) is 13.8 Å². The van der Waals surface area contributed by atoms with Gasteiger partial charge in [-0.25, -0.2) is 4.79 Å². The molecule has 0 saturated carbocycles. The van der Waals surface area contributed by atoms with Gasteiger partial charge in [-0.3, -0.25) is 0 Å². The van der Waals surface area contributed by atoms with Gasteiger partial charge in [0.25, 0.3) is 0 Å². The van der Waals surface area contributed by atoms with Crippen LogP contribution in [0, 0.1) is 5.92 Å². The van der Waals surface area contributed by atoms with Crippen molar-refractivity contribution >= 4 is 17.4 Å². The molecule has 2 rings (SSSR count). The number of anilines is 1. The SMILES string of the molecule is CC(C)C[C@@H](Nc1ccc2nncn2n1)C(=O)O. The maximum Gasteiger partial charge on any atom is 0.326 e. The Morgan fingerprint density at radius 2 is 2.28 bits per heavy atom. The number of nitrogens with one attached hydrogen (secondary N) is 1. The van der Waals surface area contributed by atoms with Crippen molar-refractivity contribution in [3.63, 3.8) is 0 Å². The Balaban J connectivity index is 2.17. The molecule has 0 aliphatic heterocycles. The van der Waals surface area contributed by atoms with Crippen LogP contribution in [0.5, 0.6) is 0 Å². The first-order valence-electron chi connectivity index (χ1n) is 5.72. The molecule has 0 bridgehead atoms. The second-order valence-electron chi connectivity index (χ2n) is 4.52. The van der Waals surface area contributed by atoms with Crippen molar-refractivity contribution in [3.8, 4) is 0 Å². The topological polar surface area (TPSA) is 92.4 Å². The number of carboxylic acids is 1. The van der Waals surface area contributed by atoms with Crippen molar-refractivity contribution < 1.29 is 9.90 Å². The first-order chi connectivity index (χ1) is 8.56. The standard InChI is InChI=1S/C11H15N5O2/c1-7(2)5-8(11(17)18)13-9-3-4-10-14-12-6-16(10)15-9/h3-4,6-8H,5H2,1-2H3,(H,13,15)(H,17,18)/t8-/m1/s1. The molecule has 0 fully saturated rings. The van der Waals surface area contributed by atoms with Gasteiger partial charge in [-0.1, -0.05) is 13.8 Å². The summed E-state index contributed by atoms with van der Waals surface area (Å²) in [6.07, 6.45) is 2.01. The Kier molecular flexibility index (Phi) is 3.40. The van der Waals surface area contributed by atoms with Crippen molar-refractivity contribution in [2.24, 2.45) is 5.92 Å². The Morgan fingerprint density at radius 3 is 2.94 bits per heavy atom. The number of aliphatic carboxylic acids is 1. The number of hydrogen-bond acceptors (Lipinski definition) is 5. The minimum Gasteiger partial charge on any atom is -0.480 e. The molecule has 0 spiro atoms. The molecule has 2 heterocycles. The molecule has 0 aromatic carbocycles. The van der Waals surface area contributed by atoms with Gasteiger partial charge in [0.1, 0.15) is 18.2 Å². The van der Waals surface area contributed by atoms with Gasteiger partial charge in [0.15, 0.2) is 5.65 Å². The van der Waals surface area contributed by atoms with Gasteiger partial charge in [0.05, 0.1) is 0 Å². The highest BCUT2D eigenvalue weighted by molar-refractivity contribution is 5.76. The van der Waals surface area contributed by atoms with E-state index in [1.54, 1.807) is 12.1 Å². The van der Waals surface area contributed by atoms with Gasteiger partial charge in [0, 0.05) is 0 Å². The number of carboxylic acid groups (broad SMARTS) is 1. The lowest BCUT2D eigenvalue weighted by Gasteiger charge is -2.16. The molecule has 96 valence electrons. The lowest BCUT2D eigenvalue weighted by atomic mass is 10.0. The van der Waals surface area contributed by atoms with E-state index in [1.165, 1.54) is 10.8 Å². The molecule has 7 heteroatoms. The van der Waals surface area contributed by atoms with Crippen LogP contribution in [-0.4, -0.2) is 36.9 Å². The maximum absolute atomic E-state index is 11.1. The summed E-state index contributed by atoms with van der Waals surface area (Å²) in [5, 5.41) is 23.8. The predicted octanol–water partition coefficient (Wildman–Crippen LogP) is 1.04. The maximum atomic E-state index is 11.1. The zero-order valence-electron chi connectivity index (χ0n) is 10.2. The van der Waals surface area contributed by atoms with Gasteiger partial charge < -0.3 is 10.4 Å². The van der Waals surface area contributed by atoms with E-state index in [9.17, 15) is 4.79 Å². The number of hydrogen-bond donors (Lipinski definition) is 2. The second-order valence-corrected chi connectivity index (χ2v) is 4.52. The molecule has 0 aliphatic carbocycles. The van der Waals surface area contributed by atoms with Crippen LogP contribution in [0.15, 0.2) is 18.5 Å². The Labute approximate surface area is 104 Å². The Bertz CT molecular complexity index is 551. The molecule has 0 saturated heterocycles. The first kappa shape index (κ1) is 12.3. The molecule has 2 aromatic rings. The highest BCUT2D eigenvalue weighted by Crippen LogP contribution is 2.11.